The maximum atomic E-state index is 12.6. The monoisotopic (exact) mass is 434 g/mol. The van der Waals surface area contributed by atoms with Crippen LogP contribution in [-0.2, 0) is 4.74 Å². The van der Waals surface area contributed by atoms with Gasteiger partial charge >= 0.3 is 18.0 Å². The lowest BCUT2D eigenvalue weighted by Crippen LogP contribution is -2.31. The van der Waals surface area contributed by atoms with Crippen LogP contribution < -0.4 is 15.0 Å². The standard InChI is InChI=1S/C21H18N6O5/c1-30-19(29)14-9-22-6-3-15(14)25-18(28)16-11-31-21(26-16)27-10-12-7-13(27)8-17(12)32-20-23-4-2-5-24-20/h2-6,9-11,13,17H,7-8H2,1H3,(H,22,25,28)/t13-,17+/m1/s1. The lowest BCUT2D eigenvalue weighted by atomic mass is 10.2. The number of pyridine rings is 1. The molecular formula is C21H18N6O5. The van der Waals surface area contributed by atoms with Gasteiger partial charge in [-0.25, -0.2) is 14.8 Å². The van der Waals surface area contributed by atoms with Crippen LogP contribution in [0.1, 0.15) is 33.7 Å². The molecule has 1 N–H and O–H groups in total. The van der Waals surface area contributed by atoms with Gasteiger partial charge in [0.05, 0.1) is 12.8 Å². The Morgan fingerprint density at radius 2 is 2.09 bits per heavy atom. The number of hydrogen-bond donors (Lipinski definition) is 1. The molecule has 1 aliphatic heterocycles. The Bertz CT molecular complexity index is 1190. The summed E-state index contributed by atoms with van der Waals surface area (Å²) in [5, 5.41) is 2.64. The second-order valence-electron chi connectivity index (χ2n) is 7.23. The van der Waals surface area contributed by atoms with E-state index in [4.69, 9.17) is 13.9 Å². The van der Waals surface area contributed by atoms with Crippen LogP contribution in [0.15, 0.2) is 59.4 Å². The number of esters is 1. The molecule has 162 valence electrons. The zero-order valence-electron chi connectivity index (χ0n) is 17.0. The fourth-order valence-corrected chi connectivity index (χ4v) is 3.78. The molecule has 4 heterocycles. The Balaban J connectivity index is 1.28. The molecule has 11 nitrogen and oxygen atoms in total. The molecule has 2 bridgehead atoms. The first-order chi connectivity index (χ1) is 15.6. The summed E-state index contributed by atoms with van der Waals surface area (Å²) >= 11 is 0. The van der Waals surface area contributed by atoms with E-state index in [0.717, 1.165) is 18.4 Å². The first kappa shape index (κ1) is 19.7. The Morgan fingerprint density at radius 3 is 2.84 bits per heavy atom. The van der Waals surface area contributed by atoms with Gasteiger partial charge < -0.3 is 19.2 Å². The van der Waals surface area contributed by atoms with Crippen molar-refractivity contribution in [2.24, 2.45) is 0 Å². The van der Waals surface area contributed by atoms with E-state index in [1.54, 1.807) is 18.5 Å². The summed E-state index contributed by atoms with van der Waals surface area (Å²) in [5.74, 6) is -1.12. The third-order valence-corrected chi connectivity index (χ3v) is 5.28. The van der Waals surface area contributed by atoms with E-state index in [-0.39, 0.29) is 29.1 Å². The first-order valence-electron chi connectivity index (χ1n) is 9.84. The number of oxazole rings is 1. The largest absolute Gasteiger partial charge is 0.465 e. The summed E-state index contributed by atoms with van der Waals surface area (Å²) in [6.45, 7) is 0. The molecule has 1 fully saturated rings. The van der Waals surface area contributed by atoms with Crippen LogP contribution in [0.25, 0.3) is 0 Å². The predicted molar refractivity (Wildman–Crippen MR) is 110 cm³/mol. The highest BCUT2D eigenvalue weighted by Crippen LogP contribution is 2.40. The van der Waals surface area contributed by atoms with Gasteiger partial charge in [0.1, 0.15) is 17.9 Å². The van der Waals surface area contributed by atoms with Crippen LogP contribution in [0.5, 0.6) is 6.01 Å². The van der Waals surface area contributed by atoms with Gasteiger partial charge in [0.25, 0.3) is 5.91 Å². The molecule has 1 amide bonds. The average Bonchev–Trinajstić information content (AvgIpc) is 3.55. The van der Waals surface area contributed by atoms with E-state index in [1.807, 2.05) is 11.1 Å². The molecular weight excluding hydrogens is 416 g/mol. The van der Waals surface area contributed by atoms with Crippen LogP contribution in [0.3, 0.4) is 0 Å². The molecule has 2 atom stereocenters. The van der Waals surface area contributed by atoms with E-state index in [1.165, 1.54) is 31.8 Å². The molecule has 0 spiro atoms. The normalized spacial score (nSPS) is 18.9. The number of carbonyl (C=O) groups excluding carboxylic acids is 2. The van der Waals surface area contributed by atoms with Crippen molar-refractivity contribution in [2.75, 3.05) is 17.3 Å². The third kappa shape index (κ3) is 3.64. The fraction of sp³-hybridized carbons (Fsp3) is 0.238. The smallest absolute Gasteiger partial charge is 0.341 e. The van der Waals surface area contributed by atoms with Crippen molar-refractivity contribution in [3.05, 3.63) is 66.2 Å². The van der Waals surface area contributed by atoms with Crippen molar-refractivity contribution >= 4 is 23.6 Å². The minimum absolute atomic E-state index is 0.0827. The van der Waals surface area contributed by atoms with Gasteiger partial charge in [0.15, 0.2) is 5.69 Å². The van der Waals surface area contributed by atoms with Gasteiger partial charge in [-0.15, -0.1) is 0 Å². The van der Waals surface area contributed by atoms with Gasteiger partial charge in [0, 0.05) is 43.4 Å². The number of nitrogens with one attached hydrogen (secondary N) is 1. The van der Waals surface area contributed by atoms with Crippen molar-refractivity contribution < 1.29 is 23.5 Å². The summed E-state index contributed by atoms with van der Waals surface area (Å²) < 4.78 is 16.1. The molecule has 0 unspecified atom stereocenters. The maximum Gasteiger partial charge on any atom is 0.341 e. The Hall–Kier alpha value is -4.28. The summed E-state index contributed by atoms with van der Waals surface area (Å²) in [7, 11) is 1.26. The lowest BCUT2D eigenvalue weighted by molar-refractivity contribution is 0.0601. The van der Waals surface area contributed by atoms with E-state index >= 15 is 0 Å². The second kappa shape index (κ2) is 8.10. The van der Waals surface area contributed by atoms with E-state index < -0.39 is 11.9 Å². The predicted octanol–water partition coefficient (Wildman–Crippen LogP) is 2.21. The number of ether oxygens (including phenoxy) is 2. The van der Waals surface area contributed by atoms with E-state index in [0.29, 0.717) is 12.0 Å². The van der Waals surface area contributed by atoms with Crippen LogP contribution in [0, 0.1) is 0 Å². The summed E-state index contributed by atoms with van der Waals surface area (Å²) in [6, 6.07) is 4.00. The van der Waals surface area contributed by atoms with Gasteiger partial charge in [-0.05, 0) is 24.1 Å². The van der Waals surface area contributed by atoms with Crippen LogP contribution in [0.4, 0.5) is 11.7 Å². The highest BCUT2D eigenvalue weighted by molar-refractivity contribution is 6.06. The zero-order chi connectivity index (χ0) is 22.1. The maximum absolute atomic E-state index is 12.6. The molecule has 1 aliphatic carbocycles. The third-order valence-electron chi connectivity index (χ3n) is 5.28. The number of amides is 1. The second-order valence-corrected chi connectivity index (χ2v) is 7.23. The number of anilines is 2. The van der Waals surface area contributed by atoms with Gasteiger partial charge in [-0.2, -0.15) is 4.98 Å². The van der Waals surface area contributed by atoms with Crippen LogP contribution in [-0.4, -0.2) is 51.1 Å². The lowest BCUT2D eigenvalue weighted by Gasteiger charge is -2.24. The highest BCUT2D eigenvalue weighted by Gasteiger charge is 2.42. The number of fused-ring (bicyclic) bond motifs is 2. The molecule has 0 aromatic carbocycles. The van der Waals surface area contributed by atoms with Crippen molar-refractivity contribution in [1.29, 1.82) is 0 Å². The molecule has 1 saturated carbocycles. The van der Waals surface area contributed by atoms with Gasteiger partial charge in [-0.1, -0.05) is 0 Å². The molecule has 3 aromatic rings. The van der Waals surface area contributed by atoms with Crippen LogP contribution >= 0.6 is 0 Å². The zero-order valence-corrected chi connectivity index (χ0v) is 17.0. The molecule has 32 heavy (non-hydrogen) atoms. The Morgan fingerprint density at radius 1 is 1.25 bits per heavy atom. The van der Waals surface area contributed by atoms with Crippen molar-refractivity contribution in [3.8, 4) is 6.01 Å². The molecule has 0 radical (unpaired) electrons. The number of hydrogen-bond acceptors (Lipinski definition) is 10. The van der Waals surface area contributed by atoms with Gasteiger partial charge in [-0.3, -0.25) is 14.7 Å². The Kier molecular flexibility index (Phi) is 4.98. The SMILES string of the molecule is COC(=O)c1cnccc1NC(=O)c1coc(N2C=C3C[C@@H]2C[C@@H]3Oc2ncccn2)n1. The molecule has 2 aliphatic rings. The molecule has 5 rings (SSSR count). The quantitative estimate of drug-likeness (QED) is 0.576. The van der Waals surface area contributed by atoms with Crippen molar-refractivity contribution in [2.45, 2.75) is 25.0 Å². The number of carbonyl (C=O) groups is 2. The molecule has 11 heteroatoms. The fourth-order valence-electron chi connectivity index (χ4n) is 3.78. The van der Waals surface area contributed by atoms with E-state index in [9.17, 15) is 9.59 Å². The van der Waals surface area contributed by atoms with E-state index in [2.05, 4.69) is 25.3 Å². The number of methoxy groups -OCH3 is 1. The summed E-state index contributed by atoms with van der Waals surface area (Å²) in [4.78, 5) is 42.8. The number of aromatic nitrogens is 4. The minimum atomic E-state index is -0.605. The van der Waals surface area contributed by atoms with Crippen molar-refractivity contribution in [1.82, 2.24) is 19.9 Å². The molecule has 3 aromatic heterocycles. The summed E-state index contributed by atoms with van der Waals surface area (Å²) in [5.41, 5.74) is 1.58. The first-order valence-corrected chi connectivity index (χ1v) is 9.84. The van der Waals surface area contributed by atoms with Crippen LogP contribution in [0.2, 0.25) is 0 Å². The average molecular weight is 434 g/mol. The topological polar surface area (TPSA) is 133 Å². The number of rotatable bonds is 6. The minimum Gasteiger partial charge on any atom is -0.465 e. The highest BCUT2D eigenvalue weighted by atomic mass is 16.5. The molecule has 0 saturated heterocycles. The summed E-state index contributed by atoms with van der Waals surface area (Å²) in [6.07, 6.45) is 10.7. The van der Waals surface area contributed by atoms with Gasteiger partial charge in [0.2, 0.25) is 0 Å². The number of nitrogens with zero attached hydrogens (tertiary/aromatic N) is 5. The Labute approximate surface area is 182 Å². The van der Waals surface area contributed by atoms with Crippen molar-refractivity contribution in [3.63, 3.8) is 0 Å².